The van der Waals surface area contributed by atoms with Gasteiger partial charge >= 0.3 is 0 Å². The van der Waals surface area contributed by atoms with Crippen molar-refractivity contribution in [2.24, 2.45) is 23.7 Å². The Morgan fingerprint density at radius 1 is 0.800 bits per heavy atom. The van der Waals surface area contributed by atoms with Gasteiger partial charge in [0.1, 0.15) is 0 Å². The molecule has 1 aromatic rings. The predicted molar refractivity (Wildman–Crippen MR) is 97.9 cm³/mol. The maximum Gasteiger partial charge on any atom is 0.194 e. The van der Waals surface area contributed by atoms with Gasteiger partial charge in [-0.1, -0.05) is 40.0 Å². The molecule has 0 atom stereocenters. The molecule has 0 aromatic heterocycles. The Bertz CT molecular complexity index is 515. The van der Waals surface area contributed by atoms with E-state index in [0.29, 0.717) is 17.9 Å². The molecule has 0 bridgehead atoms. The summed E-state index contributed by atoms with van der Waals surface area (Å²) in [6.45, 7) is 2.37. The fourth-order valence-electron chi connectivity index (χ4n) is 4.83. The van der Waals surface area contributed by atoms with Gasteiger partial charge in [0, 0.05) is 0 Å². The molecule has 0 heterocycles. The normalized spacial score (nSPS) is 29.9. The molecule has 2 fully saturated rings. The SMILES string of the molecule is C.CC1CCC(C2CCC(CCc3cc(F)c(F)c(F)c3)CC2)CC1. The van der Waals surface area contributed by atoms with E-state index in [4.69, 9.17) is 0 Å². The molecule has 0 spiro atoms. The van der Waals surface area contributed by atoms with Gasteiger partial charge in [-0.3, -0.25) is 0 Å². The molecule has 3 heteroatoms. The maximum absolute atomic E-state index is 13.3. The van der Waals surface area contributed by atoms with Crippen molar-refractivity contribution in [3.8, 4) is 0 Å². The molecule has 0 unspecified atom stereocenters. The Hall–Kier alpha value is -0.990. The average Bonchev–Trinajstić information content (AvgIpc) is 2.59. The van der Waals surface area contributed by atoms with E-state index in [1.165, 1.54) is 51.4 Å². The van der Waals surface area contributed by atoms with Crippen LogP contribution in [0.25, 0.3) is 0 Å². The molecule has 2 saturated carbocycles. The average molecular weight is 355 g/mol. The van der Waals surface area contributed by atoms with E-state index < -0.39 is 17.5 Å². The summed E-state index contributed by atoms with van der Waals surface area (Å²) in [4.78, 5) is 0. The molecule has 0 nitrogen and oxygen atoms in total. The second-order valence-electron chi connectivity index (χ2n) is 8.21. The minimum absolute atomic E-state index is 0. The van der Waals surface area contributed by atoms with Gasteiger partial charge in [0.15, 0.2) is 17.5 Å². The fraction of sp³-hybridized carbons (Fsp3) is 0.727. The molecule has 25 heavy (non-hydrogen) atoms. The molecule has 142 valence electrons. The van der Waals surface area contributed by atoms with E-state index >= 15 is 0 Å². The van der Waals surface area contributed by atoms with Gasteiger partial charge in [0.05, 0.1) is 0 Å². The quantitative estimate of drug-likeness (QED) is 0.497. The summed E-state index contributed by atoms with van der Waals surface area (Å²) >= 11 is 0. The third-order valence-corrected chi connectivity index (χ3v) is 6.50. The fourth-order valence-corrected chi connectivity index (χ4v) is 4.83. The van der Waals surface area contributed by atoms with Crippen LogP contribution in [-0.4, -0.2) is 0 Å². The largest absolute Gasteiger partial charge is 0.204 e. The summed E-state index contributed by atoms with van der Waals surface area (Å²) in [6.07, 6.45) is 12.3. The highest BCUT2D eigenvalue weighted by Crippen LogP contribution is 2.42. The van der Waals surface area contributed by atoms with Gasteiger partial charge in [0.25, 0.3) is 0 Å². The maximum atomic E-state index is 13.3. The van der Waals surface area contributed by atoms with Crippen LogP contribution in [0.4, 0.5) is 13.2 Å². The summed E-state index contributed by atoms with van der Waals surface area (Å²) in [7, 11) is 0. The highest BCUT2D eigenvalue weighted by Gasteiger charge is 2.29. The predicted octanol–water partition coefficient (Wildman–Crippen LogP) is 7.31. The zero-order valence-corrected chi connectivity index (χ0v) is 14.7. The highest BCUT2D eigenvalue weighted by atomic mass is 19.2. The molecule has 1 aromatic carbocycles. The summed E-state index contributed by atoms with van der Waals surface area (Å²) in [5.74, 6) is -0.104. The summed E-state index contributed by atoms with van der Waals surface area (Å²) in [5, 5.41) is 0. The smallest absolute Gasteiger partial charge is 0.194 e. The number of hydrogen-bond donors (Lipinski definition) is 0. The summed E-state index contributed by atoms with van der Waals surface area (Å²) < 4.78 is 39.6. The monoisotopic (exact) mass is 354 g/mol. The number of hydrogen-bond acceptors (Lipinski definition) is 0. The molecular weight excluding hydrogens is 321 g/mol. The summed E-state index contributed by atoms with van der Waals surface area (Å²) in [6, 6.07) is 2.29. The minimum atomic E-state index is -1.36. The van der Waals surface area contributed by atoms with Crippen LogP contribution in [-0.2, 0) is 6.42 Å². The second-order valence-corrected chi connectivity index (χ2v) is 8.21. The van der Waals surface area contributed by atoms with Gasteiger partial charge in [-0.05, 0) is 79.9 Å². The van der Waals surface area contributed by atoms with Crippen LogP contribution in [0.1, 0.15) is 77.7 Å². The van der Waals surface area contributed by atoms with Crippen molar-refractivity contribution in [2.45, 2.75) is 78.6 Å². The van der Waals surface area contributed by atoms with Crippen molar-refractivity contribution >= 4 is 0 Å². The van der Waals surface area contributed by atoms with Crippen LogP contribution in [0.2, 0.25) is 0 Å². The van der Waals surface area contributed by atoms with Crippen LogP contribution in [0.15, 0.2) is 12.1 Å². The second kappa shape index (κ2) is 9.09. The molecule has 2 aliphatic rings. The third-order valence-electron chi connectivity index (χ3n) is 6.50. The van der Waals surface area contributed by atoms with Crippen LogP contribution < -0.4 is 0 Å². The zero-order chi connectivity index (χ0) is 17.1. The Balaban J connectivity index is 0.00000225. The van der Waals surface area contributed by atoms with Crippen molar-refractivity contribution in [3.05, 3.63) is 35.1 Å². The lowest BCUT2D eigenvalue weighted by molar-refractivity contribution is 0.148. The minimum Gasteiger partial charge on any atom is -0.204 e. The van der Waals surface area contributed by atoms with Gasteiger partial charge in [-0.25, -0.2) is 13.2 Å². The molecule has 2 aliphatic carbocycles. The van der Waals surface area contributed by atoms with Crippen molar-refractivity contribution < 1.29 is 13.2 Å². The van der Waals surface area contributed by atoms with E-state index in [-0.39, 0.29) is 7.43 Å². The summed E-state index contributed by atoms with van der Waals surface area (Å²) in [5.41, 5.74) is 0.579. The molecular formula is C22H33F3. The van der Waals surface area contributed by atoms with Crippen LogP contribution in [0.5, 0.6) is 0 Å². The van der Waals surface area contributed by atoms with Gasteiger partial charge in [-0.15, -0.1) is 0 Å². The number of aryl methyl sites for hydroxylation is 1. The van der Waals surface area contributed by atoms with Crippen molar-refractivity contribution in [2.75, 3.05) is 0 Å². The van der Waals surface area contributed by atoms with Crippen molar-refractivity contribution in [3.63, 3.8) is 0 Å². The first kappa shape index (κ1) is 20.3. The highest BCUT2D eigenvalue weighted by molar-refractivity contribution is 5.19. The van der Waals surface area contributed by atoms with E-state index in [0.717, 1.165) is 36.3 Å². The number of benzene rings is 1. The van der Waals surface area contributed by atoms with Gasteiger partial charge in [-0.2, -0.15) is 0 Å². The third kappa shape index (κ3) is 5.24. The first-order valence-electron chi connectivity index (χ1n) is 9.66. The van der Waals surface area contributed by atoms with Crippen LogP contribution >= 0.6 is 0 Å². The Morgan fingerprint density at radius 2 is 1.28 bits per heavy atom. The van der Waals surface area contributed by atoms with Gasteiger partial charge < -0.3 is 0 Å². The molecule has 0 amide bonds. The lowest BCUT2D eigenvalue weighted by Crippen LogP contribution is -2.25. The first-order chi connectivity index (χ1) is 11.5. The lowest BCUT2D eigenvalue weighted by Gasteiger charge is -2.37. The standard InChI is InChI=1S/C21H29F3.CH4/c1-14-2-8-17(9-3-14)18-10-6-15(7-11-18)4-5-16-12-19(22)21(24)20(23)13-16;/h12-15,17-18H,2-11H2,1H3;1H4. The lowest BCUT2D eigenvalue weighted by atomic mass is 9.69. The van der Waals surface area contributed by atoms with Crippen molar-refractivity contribution in [1.82, 2.24) is 0 Å². The van der Waals surface area contributed by atoms with Crippen LogP contribution in [0.3, 0.4) is 0 Å². The molecule has 0 saturated heterocycles. The van der Waals surface area contributed by atoms with Crippen molar-refractivity contribution in [1.29, 1.82) is 0 Å². The number of halogens is 3. The van der Waals surface area contributed by atoms with Crippen LogP contribution in [0, 0.1) is 41.1 Å². The number of rotatable bonds is 4. The van der Waals surface area contributed by atoms with E-state index in [1.54, 1.807) is 0 Å². The topological polar surface area (TPSA) is 0 Å². The molecule has 0 N–H and O–H groups in total. The molecule has 3 rings (SSSR count). The first-order valence-corrected chi connectivity index (χ1v) is 9.66. The van der Waals surface area contributed by atoms with E-state index in [9.17, 15) is 13.2 Å². The van der Waals surface area contributed by atoms with E-state index in [2.05, 4.69) is 6.92 Å². The Labute approximate surface area is 151 Å². The van der Waals surface area contributed by atoms with E-state index in [1.807, 2.05) is 0 Å². The Morgan fingerprint density at radius 3 is 1.80 bits per heavy atom. The molecule has 0 radical (unpaired) electrons. The zero-order valence-electron chi connectivity index (χ0n) is 14.7. The van der Waals surface area contributed by atoms with Gasteiger partial charge in [0.2, 0.25) is 0 Å². The molecule has 0 aliphatic heterocycles. The Kier molecular flexibility index (Phi) is 7.39.